The molecule has 1 aromatic carbocycles. The molecule has 6 heteroatoms. The summed E-state index contributed by atoms with van der Waals surface area (Å²) in [6.45, 7) is 8.62. The number of aryl methyl sites for hydroxylation is 1. The fourth-order valence-electron chi connectivity index (χ4n) is 4.26. The van der Waals surface area contributed by atoms with Crippen LogP contribution in [0.2, 0.25) is 0 Å². The summed E-state index contributed by atoms with van der Waals surface area (Å²) in [4.78, 5) is 28.1. The molecular weight excluding hydrogens is 390 g/mol. The Kier molecular flexibility index (Phi) is 10.2. The van der Waals surface area contributed by atoms with E-state index in [1.807, 2.05) is 32.0 Å². The van der Waals surface area contributed by atoms with Gasteiger partial charge in [0.05, 0.1) is 18.1 Å². The molecule has 0 aliphatic carbocycles. The normalized spacial score (nSPS) is 18.2. The first kappa shape index (κ1) is 25.1. The van der Waals surface area contributed by atoms with Crippen LogP contribution in [0.1, 0.15) is 57.9 Å². The zero-order valence-electron chi connectivity index (χ0n) is 19.1. The maximum absolute atomic E-state index is 13.4. The van der Waals surface area contributed by atoms with Crippen LogP contribution in [0, 0.1) is 5.92 Å². The minimum atomic E-state index is -0.477. The number of benzene rings is 1. The van der Waals surface area contributed by atoms with Gasteiger partial charge >= 0.3 is 0 Å². The number of nitrogens with zero attached hydrogens (tertiary/aromatic N) is 1. The molecular formula is C25H39N3O3. The molecule has 3 atom stereocenters. The first-order valence-electron chi connectivity index (χ1n) is 11.6. The number of hydrogen-bond donors (Lipinski definition) is 3. The van der Waals surface area contributed by atoms with E-state index in [-0.39, 0.29) is 29.4 Å². The summed E-state index contributed by atoms with van der Waals surface area (Å²) >= 11 is 0. The first-order chi connectivity index (χ1) is 14.8. The molecule has 1 aromatic rings. The number of rotatable bonds is 13. The second-order valence-electron chi connectivity index (χ2n) is 8.82. The molecule has 172 valence electrons. The number of aliphatic hydroxyl groups is 1. The maximum Gasteiger partial charge on any atom is 0.240 e. The Hall–Kier alpha value is -2.18. The van der Waals surface area contributed by atoms with Crippen molar-refractivity contribution in [3.63, 3.8) is 0 Å². The minimum Gasteiger partial charge on any atom is -0.511 e. The van der Waals surface area contributed by atoms with E-state index in [4.69, 9.17) is 5.73 Å². The molecule has 2 rings (SSSR count). The fraction of sp³-hybridized carbons (Fsp3) is 0.600. The quantitative estimate of drug-likeness (QED) is 0.330. The van der Waals surface area contributed by atoms with Crippen LogP contribution in [0.15, 0.2) is 42.7 Å². The highest BCUT2D eigenvalue weighted by Crippen LogP contribution is 2.24. The van der Waals surface area contributed by atoms with Crippen molar-refractivity contribution in [3.8, 4) is 0 Å². The van der Waals surface area contributed by atoms with Crippen molar-refractivity contribution in [2.45, 2.75) is 76.9 Å². The Bertz CT molecular complexity index is 720. The lowest BCUT2D eigenvalue weighted by Gasteiger charge is -2.31. The van der Waals surface area contributed by atoms with Gasteiger partial charge in [-0.05, 0) is 50.6 Å². The molecule has 0 aromatic heterocycles. The zero-order chi connectivity index (χ0) is 22.8. The molecule has 1 heterocycles. The zero-order valence-corrected chi connectivity index (χ0v) is 19.1. The van der Waals surface area contributed by atoms with Crippen molar-refractivity contribution in [1.29, 1.82) is 0 Å². The van der Waals surface area contributed by atoms with Crippen LogP contribution in [-0.4, -0.2) is 52.9 Å². The number of ketones is 1. The Morgan fingerprint density at radius 1 is 1.19 bits per heavy atom. The number of Topliss-reactive ketones (excluding diaryl/α,β-unsaturated/α-hetero) is 1. The number of aliphatic hydroxyl groups excluding tert-OH is 1. The molecule has 0 radical (unpaired) electrons. The second kappa shape index (κ2) is 12.6. The predicted octanol–water partition coefficient (Wildman–Crippen LogP) is 3.36. The van der Waals surface area contributed by atoms with Gasteiger partial charge in [0.15, 0.2) is 5.78 Å². The molecule has 1 fully saturated rings. The number of unbranched alkanes of at least 4 members (excludes halogenated alkanes) is 1. The molecule has 0 bridgehead atoms. The average molecular weight is 430 g/mol. The third-order valence-corrected chi connectivity index (χ3v) is 6.04. The van der Waals surface area contributed by atoms with Gasteiger partial charge in [0, 0.05) is 12.5 Å². The molecule has 0 spiro atoms. The van der Waals surface area contributed by atoms with Crippen molar-refractivity contribution in [2.24, 2.45) is 11.7 Å². The molecule has 0 saturated carbocycles. The van der Waals surface area contributed by atoms with Crippen molar-refractivity contribution < 1.29 is 14.7 Å². The molecule has 1 aliphatic heterocycles. The fourth-order valence-corrected chi connectivity index (χ4v) is 4.26. The van der Waals surface area contributed by atoms with Gasteiger partial charge in [0.2, 0.25) is 5.91 Å². The largest absolute Gasteiger partial charge is 0.511 e. The van der Waals surface area contributed by atoms with E-state index in [0.717, 1.165) is 32.1 Å². The van der Waals surface area contributed by atoms with Crippen molar-refractivity contribution in [2.75, 3.05) is 13.1 Å². The van der Waals surface area contributed by atoms with Crippen LogP contribution in [0.4, 0.5) is 0 Å². The van der Waals surface area contributed by atoms with E-state index in [9.17, 15) is 14.7 Å². The van der Waals surface area contributed by atoms with Crippen LogP contribution in [-0.2, 0) is 16.0 Å². The molecule has 0 unspecified atom stereocenters. The lowest BCUT2D eigenvalue weighted by Crippen LogP contribution is -2.54. The van der Waals surface area contributed by atoms with Gasteiger partial charge in [-0.25, -0.2) is 0 Å². The highest BCUT2D eigenvalue weighted by molar-refractivity contribution is 5.88. The number of hydrogen-bond acceptors (Lipinski definition) is 5. The summed E-state index contributed by atoms with van der Waals surface area (Å²) in [6, 6.07) is 8.87. The van der Waals surface area contributed by atoms with Gasteiger partial charge in [-0.3, -0.25) is 14.9 Å². The summed E-state index contributed by atoms with van der Waals surface area (Å²) < 4.78 is 0. The van der Waals surface area contributed by atoms with Gasteiger partial charge in [-0.1, -0.05) is 57.2 Å². The smallest absolute Gasteiger partial charge is 0.240 e. The Morgan fingerprint density at radius 2 is 1.90 bits per heavy atom. The molecule has 1 amide bonds. The van der Waals surface area contributed by atoms with E-state index in [0.29, 0.717) is 25.9 Å². The first-order valence-corrected chi connectivity index (χ1v) is 11.6. The van der Waals surface area contributed by atoms with Crippen LogP contribution < -0.4 is 11.1 Å². The van der Waals surface area contributed by atoms with E-state index in [2.05, 4.69) is 24.0 Å². The van der Waals surface area contributed by atoms with E-state index in [1.54, 1.807) is 4.90 Å². The molecule has 1 saturated heterocycles. The van der Waals surface area contributed by atoms with E-state index < -0.39 is 12.1 Å². The Labute approximate surface area is 186 Å². The molecule has 4 N–H and O–H groups in total. The third-order valence-electron chi connectivity index (χ3n) is 6.04. The maximum atomic E-state index is 13.4. The van der Waals surface area contributed by atoms with E-state index in [1.165, 1.54) is 5.56 Å². The highest BCUT2D eigenvalue weighted by Gasteiger charge is 2.36. The van der Waals surface area contributed by atoms with Crippen LogP contribution in [0.3, 0.4) is 0 Å². The Morgan fingerprint density at radius 3 is 2.52 bits per heavy atom. The summed E-state index contributed by atoms with van der Waals surface area (Å²) in [5.41, 5.74) is 6.84. The Balaban J connectivity index is 2.16. The van der Waals surface area contributed by atoms with Crippen LogP contribution >= 0.6 is 0 Å². The summed E-state index contributed by atoms with van der Waals surface area (Å²) in [5, 5.41) is 13.3. The van der Waals surface area contributed by atoms with Gasteiger partial charge in [0.25, 0.3) is 0 Å². The number of nitrogens with one attached hydrogen (secondary N) is 1. The van der Waals surface area contributed by atoms with Gasteiger partial charge in [-0.15, -0.1) is 0 Å². The summed E-state index contributed by atoms with van der Waals surface area (Å²) in [7, 11) is 0. The number of nitrogens with two attached hydrogens (primary N) is 1. The van der Waals surface area contributed by atoms with Gasteiger partial charge in [0.1, 0.15) is 5.76 Å². The van der Waals surface area contributed by atoms with E-state index >= 15 is 0 Å². The molecule has 1 aliphatic rings. The lowest BCUT2D eigenvalue weighted by molar-refractivity contribution is -0.135. The van der Waals surface area contributed by atoms with Crippen LogP contribution in [0.25, 0.3) is 0 Å². The van der Waals surface area contributed by atoms with Crippen molar-refractivity contribution in [1.82, 2.24) is 10.2 Å². The number of carbonyl (C=O) groups excluding carboxylic acids is 2. The number of amides is 1. The summed E-state index contributed by atoms with van der Waals surface area (Å²) in [5.74, 6) is -0.0247. The summed E-state index contributed by atoms with van der Waals surface area (Å²) in [6.07, 6.45) is 5.21. The average Bonchev–Trinajstić information content (AvgIpc) is 3.25. The number of likely N-dealkylation sites (tertiary alicyclic amines) is 1. The monoisotopic (exact) mass is 429 g/mol. The lowest BCUT2D eigenvalue weighted by atomic mass is 9.94. The topological polar surface area (TPSA) is 95.7 Å². The number of carbonyl (C=O) groups is 2. The SMILES string of the molecule is C=C(O)[C@@H]1CCCN1C(=O)[C@H](CCCCN)N[C@@H](CCc1ccccc1)C(=O)C(C)C. The van der Waals surface area contributed by atoms with Crippen molar-refractivity contribution in [3.05, 3.63) is 48.2 Å². The minimum absolute atomic E-state index is 0.0328. The molecule has 31 heavy (non-hydrogen) atoms. The second-order valence-corrected chi connectivity index (χ2v) is 8.82. The highest BCUT2D eigenvalue weighted by atomic mass is 16.3. The van der Waals surface area contributed by atoms with Gasteiger partial charge in [-0.2, -0.15) is 0 Å². The standard InChI is InChI=1S/C25H39N3O3/c1-18(2)24(30)21(15-14-20-10-5-4-6-11-20)27-22(12-7-8-16-26)25(31)28-17-9-13-23(28)19(3)29/h4-6,10-11,18,21-23,27,29H,3,7-9,12-17,26H2,1-2H3/t21-,22-,23-/m0/s1. The van der Waals surface area contributed by atoms with Crippen molar-refractivity contribution >= 4 is 11.7 Å². The van der Waals surface area contributed by atoms with Gasteiger partial charge < -0.3 is 15.7 Å². The molecule has 6 nitrogen and oxygen atoms in total. The predicted molar refractivity (Wildman–Crippen MR) is 125 cm³/mol. The third kappa shape index (κ3) is 7.47. The van der Waals surface area contributed by atoms with Crippen LogP contribution in [0.5, 0.6) is 0 Å².